The molecule has 1 heterocycles. The molecule has 0 aromatic heterocycles. The third-order valence-corrected chi connectivity index (χ3v) is 7.75. The second-order valence-electron chi connectivity index (χ2n) is 10.0. The number of hydrogen-bond acceptors (Lipinski definition) is 4. The third kappa shape index (κ3) is 4.90. The maximum absolute atomic E-state index is 13.0. The minimum Gasteiger partial charge on any atom is -0.481 e. The Morgan fingerprint density at radius 1 is 0.971 bits per heavy atom. The van der Waals surface area contributed by atoms with E-state index in [1.54, 1.807) is 0 Å². The minimum absolute atomic E-state index is 0.00769. The van der Waals surface area contributed by atoms with Crippen LogP contribution in [0.25, 0.3) is 11.1 Å². The number of amides is 2. The van der Waals surface area contributed by atoms with Crippen molar-refractivity contribution in [3.05, 3.63) is 59.7 Å². The smallest absolute Gasteiger partial charge is 0.407 e. The van der Waals surface area contributed by atoms with Gasteiger partial charge < -0.3 is 20.1 Å². The van der Waals surface area contributed by atoms with Gasteiger partial charge in [0.15, 0.2) is 0 Å². The average Bonchev–Trinajstić information content (AvgIpc) is 3.41. The van der Waals surface area contributed by atoms with E-state index in [9.17, 15) is 14.4 Å². The van der Waals surface area contributed by atoms with Gasteiger partial charge in [0.1, 0.15) is 6.61 Å². The van der Waals surface area contributed by atoms with E-state index >= 15 is 0 Å². The zero-order valence-electron chi connectivity index (χ0n) is 19.8. The lowest BCUT2D eigenvalue weighted by Gasteiger charge is -2.41. The molecule has 0 spiro atoms. The summed E-state index contributed by atoms with van der Waals surface area (Å²) in [7, 11) is 0. The first-order chi connectivity index (χ1) is 17.0. The summed E-state index contributed by atoms with van der Waals surface area (Å²) in [5, 5.41) is 11.7. The highest BCUT2D eigenvalue weighted by Gasteiger charge is 2.40. The number of hydrogen-bond donors (Lipinski definition) is 2. The van der Waals surface area contributed by atoms with Crippen molar-refractivity contribution >= 4 is 18.0 Å². The molecule has 2 aromatic rings. The summed E-state index contributed by atoms with van der Waals surface area (Å²) in [5.41, 5.74) is 4.72. The summed E-state index contributed by atoms with van der Waals surface area (Å²) in [6, 6.07) is 16.3. The molecule has 35 heavy (non-hydrogen) atoms. The van der Waals surface area contributed by atoms with Crippen LogP contribution in [0.4, 0.5) is 4.79 Å². The lowest BCUT2D eigenvalue weighted by Crippen LogP contribution is -2.54. The predicted octanol–water partition coefficient (Wildman–Crippen LogP) is 4.41. The van der Waals surface area contributed by atoms with Crippen molar-refractivity contribution in [3.63, 3.8) is 0 Å². The first-order valence-corrected chi connectivity index (χ1v) is 12.6. The number of carboxylic acid groups (broad SMARTS) is 1. The molecule has 1 aliphatic heterocycles. The van der Waals surface area contributed by atoms with Gasteiger partial charge in [-0.1, -0.05) is 55.0 Å². The highest BCUT2D eigenvalue weighted by atomic mass is 16.5. The van der Waals surface area contributed by atoms with E-state index in [1.165, 1.54) is 22.3 Å². The van der Waals surface area contributed by atoms with Crippen LogP contribution in [0.3, 0.4) is 0 Å². The van der Waals surface area contributed by atoms with Crippen LogP contribution in [0.5, 0.6) is 0 Å². The summed E-state index contributed by atoms with van der Waals surface area (Å²) < 4.78 is 5.69. The molecule has 184 valence electrons. The van der Waals surface area contributed by atoms with Crippen LogP contribution in [-0.2, 0) is 14.3 Å². The molecule has 2 atom stereocenters. The zero-order valence-corrected chi connectivity index (χ0v) is 19.8. The second kappa shape index (κ2) is 10.1. The van der Waals surface area contributed by atoms with Crippen LogP contribution in [0, 0.1) is 11.8 Å². The lowest BCUT2D eigenvalue weighted by atomic mass is 9.91. The number of carboxylic acids is 1. The molecular weight excluding hydrogens is 444 g/mol. The lowest BCUT2D eigenvalue weighted by molar-refractivity contribution is -0.143. The maximum Gasteiger partial charge on any atom is 0.407 e. The molecule has 3 aliphatic rings. The molecule has 1 saturated heterocycles. The highest BCUT2D eigenvalue weighted by molar-refractivity contribution is 5.82. The van der Waals surface area contributed by atoms with E-state index < -0.39 is 12.1 Å². The number of nitrogens with zero attached hydrogens (tertiary/aromatic N) is 1. The van der Waals surface area contributed by atoms with Gasteiger partial charge in [-0.2, -0.15) is 0 Å². The fourth-order valence-corrected chi connectivity index (χ4v) is 5.93. The summed E-state index contributed by atoms with van der Waals surface area (Å²) in [6.45, 7) is 1.63. The van der Waals surface area contributed by atoms with Crippen molar-refractivity contribution in [1.82, 2.24) is 10.2 Å². The predicted molar refractivity (Wildman–Crippen MR) is 131 cm³/mol. The van der Waals surface area contributed by atoms with Crippen molar-refractivity contribution in [3.8, 4) is 11.1 Å². The van der Waals surface area contributed by atoms with Gasteiger partial charge >= 0.3 is 12.1 Å². The summed E-state index contributed by atoms with van der Waals surface area (Å²) in [4.78, 5) is 38.3. The number of carbonyl (C=O) groups is 3. The molecule has 7 nitrogen and oxygen atoms in total. The van der Waals surface area contributed by atoms with E-state index in [1.807, 2.05) is 29.2 Å². The quantitative estimate of drug-likeness (QED) is 0.589. The molecule has 2 aromatic carbocycles. The van der Waals surface area contributed by atoms with Crippen LogP contribution in [-0.4, -0.2) is 53.7 Å². The van der Waals surface area contributed by atoms with Gasteiger partial charge in [-0.3, -0.25) is 9.59 Å². The van der Waals surface area contributed by atoms with E-state index in [0.29, 0.717) is 25.4 Å². The van der Waals surface area contributed by atoms with Crippen LogP contribution in [0.15, 0.2) is 48.5 Å². The summed E-state index contributed by atoms with van der Waals surface area (Å²) in [6.07, 6.45) is 3.65. The molecule has 0 unspecified atom stereocenters. The molecular formula is C28H32N2O5. The standard InChI is InChI=1S/C28H32N2O5/c31-26(32)14-5-7-18-15-30(16-18)27(33)23-12-6-13-25(23)29-28(34)35-17-24-21-10-3-1-8-19(21)20-9-2-4-11-22(20)24/h1-4,8-11,18,23-25H,5-7,12-17H2,(H,29,34)(H,31,32)/t23-,25+/m1/s1. The average molecular weight is 477 g/mol. The van der Waals surface area contributed by atoms with Crippen LogP contribution >= 0.6 is 0 Å². The van der Waals surface area contributed by atoms with E-state index in [0.717, 1.165) is 25.7 Å². The fourth-order valence-electron chi connectivity index (χ4n) is 5.93. The van der Waals surface area contributed by atoms with Gasteiger partial charge in [0.2, 0.25) is 5.91 Å². The number of aliphatic carboxylic acids is 1. The molecule has 0 bridgehead atoms. The van der Waals surface area contributed by atoms with Gasteiger partial charge in [-0.05, 0) is 53.9 Å². The molecule has 1 saturated carbocycles. The van der Waals surface area contributed by atoms with E-state index in [-0.39, 0.29) is 36.8 Å². The minimum atomic E-state index is -0.773. The van der Waals surface area contributed by atoms with E-state index in [4.69, 9.17) is 9.84 Å². The van der Waals surface area contributed by atoms with Crippen molar-refractivity contribution in [1.29, 1.82) is 0 Å². The largest absolute Gasteiger partial charge is 0.481 e. The Hall–Kier alpha value is -3.35. The monoisotopic (exact) mass is 476 g/mol. The number of nitrogens with one attached hydrogen (secondary N) is 1. The number of rotatable bonds is 8. The molecule has 0 radical (unpaired) electrons. The first-order valence-electron chi connectivity index (χ1n) is 12.6. The Labute approximate surface area is 205 Å². The Bertz CT molecular complexity index is 1060. The van der Waals surface area contributed by atoms with Crippen molar-refractivity contribution in [2.24, 2.45) is 11.8 Å². The van der Waals surface area contributed by atoms with Gasteiger partial charge in [0.25, 0.3) is 0 Å². The van der Waals surface area contributed by atoms with Crippen molar-refractivity contribution in [2.75, 3.05) is 19.7 Å². The van der Waals surface area contributed by atoms with Gasteiger partial charge in [0, 0.05) is 31.5 Å². The number of fused-ring (bicyclic) bond motifs is 3. The molecule has 2 aliphatic carbocycles. The summed E-state index contributed by atoms with van der Waals surface area (Å²) in [5.74, 6) is -0.497. The maximum atomic E-state index is 13.0. The van der Waals surface area contributed by atoms with Crippen molar-refractivity contribution in [2.45, 2.75) is 50.5 Å². The Balaban J connectivity index is 1.12. The van der Waals surface area contributed by atoms with Crippen molar-refractivity contribution < 1.29 is 24.2 Å². The molecule has 2 N–H and O–H groups in total. The van der Waals surface area contributed by atoms with Gasteiger partial charge in [-0.25, -0.2) is 4.79 Å². The molecule has 2 fully saturated rings. The summed E-state index contributed by atoms with van der Waals surface area (Å²) >= 11 is 0. The normalized spacial score (nSPS) is 21.2. The van der Waals surface area contributed by atoms with Crippen LogP contribution in [0.1, 0.15) is 55.6 Å². The van der Waals surface area contributed by atoms with E-state index in [2.05, 4.69) is 29.6 Å². The number of carbonyl (C=O) groups excluding carboxylic acids is 2. The fraction of sp³-hybridized carbons (Fsp3) is 0.464. The molecule has 7 heteroatoms. The number of alkyl carbamates (subject to hydrolysis) is 1. The Morgan fingerprint density at radius 3 is 2.29 bits per heavy atom. The third-order valence-electron chi connectivity index (χ3n) is 7.75. The highest BCUT2D eigenvalue weighted by Crippen LogP contribution is 2.44. The number of benzene rings is 2. The zero-order chi connectivity index (χ0) is 24.4. The van der Waals surface area contributed by atoms with Gasteiger partial charge in [0.05, 0.1) is 5.92 Å². The molecule has 5 rings (SSSR count). The second-order valence-corrected chi connectivity index (χ2v) is 10.0. The van der Waals surface area contributed by atoms with Gasteiger partial charge in [-0.15, -0.1) is 0 Å². The molecule has 2 amide bonds. The van der Waals surface area contributed by atoms with Crippen LogP contribution in [0.2, 0.25) is 0 Å². The number of likely N-dealkylation sites (tertiary alicyclic amines) is 1. The first kappa shape index (κ1) is 23.4. The topological polar surface area (TPSA) is 95.9 Å². The Kier molecular flexibility index (Phi) is 6.75. The SMILES string of the molecule is O=C(O)CCCC1CN(C(=O)[C@@H]2CCC[C@@H]2NC(=O)OCC2c3ccccc3-c3ccccc32)C1. The van der Waals surface area contributed by atoms with Crippen LogP contribution < -0.4 is 5.32 Å². The Morgan fingerprint density at radius 2 is 1.63 bits per heavy atom. The number of ether oxygens (including phenoxy) is 1.